The molecule has 1 N–H and O–H groups in total. The van der Waals surface area contributed by atoms with Gasteiger partial charge in [-0.1, -0.05) is 58.3 Å². The Balaban J connectivity index is 1.68. The quantitative estimate of drug-likeness (QED) is 0.736. The molecule has 1 heteroatoms. The maximum Gasteiger partial charge on any atom is 0.0568 e. The summed E-state index contributed by atoms with van der Waals surface area (Å²) >= 11 is 0. The van der Waals surface area contributed by atoms with E-state index in [2.05, 4.69) is 6.92 Å². The Bertz CT molecular complexity index is 220. The van der Waals surface area contributed by atoms with Crippen LogP contribution in [0.15, 0.2) is 0 Å². The Morgan fingerprint density at radius 1 is 0.944 bits per heavy atom. The van der Waals surface area contributed by atoms with Crippen LogP contribution in [0.25, 0.3) is 0 Å². The van der Waals surface area contributed by atoms with Crippen molar-refractivity contribution in [2.24, 2.45) is 17.8 Å². The van der Waals surface area contributed by atoms with Crippen molar-refractivity contribution in [3.8, 4) is 0 Å². The molecule has 18 heavy (non-hydrogen) atoms. The molecule has 1 nitrogen and oxygen atoms in total. The first-order valence-electron chi connectivity index (χ1n) is 8.47. The van der Waals surface area contributed by atoms with Crippen LogP contribution in [0, 0.1) is 17.8 Å². The van der Waals surface area contributed by atoms with E-state index < -0.39 is 0 Å². The monoisotopic (exact) mass is 252 g/mol. The van der Waals surface area contributed by atoms with E-state index >= 15 is 0 Å². The molecule has 3 atom stereocenters. The Hall–Kier alpha value is -0.0400. The largest absolute Gasteiger partial charge is 0.393 e. The molecule has 0 spiro atoms. The number of aliphatic hydroxyl groups excluding tert-OH is 1. The molecule has 2 aliphatic rings. The zero-order valence-electron chi connectivity index (χ0n) is 12.2. The van der Waals surface area contributed by atoms with E-state index in [1.54, 1.807) is 0 Å². The van der Waals surface area contributed by atoms with Gasteiger partial charge in [0.1, 0.15) is 0 Å². The zero-order valence-corrected chi connectivity index (χ0v) is 12.2. The topological polar surface area (TPSA) is 20.2 Å². The minimum Gasteiger partial charge on any atom is -0.393 e. The summed E-state index contributed by atoms with van der Waals surface area (Å²) in [5, 5.41) is 10.4. The summed E-state index contributed by atoms with van der Waals surface area (Å²) < 4.78 is 0. The molecule has 0 amide bonds. The molecule has 0 radical (unpaired) electrons. The van der Waals surface area contributed by atoms with E-state index in [-0.39, 0.29) is 6.10 Å². The van der Waals surface area contributed by atoms with Crippen LogP contribution in [0.5, 0.6) is 0 Å². The van der Waals surface area contributed by atoms with E-state index in [1.807, 2.05) is 0 Å². The molecule has 0 aromatic carbocycles. The molecule has 2 fully saturated rings. The van der Waals surface area contributed by atoms with Gasteiger partial charge in [-0.05, 0) is 43.4 Å². The highest BCUT2D eigenvalue weighted by Gasteiger charge is 2.27. The summed E-state index contributed by atoms with van der Waals surface area (Å²) in [6, 6.07) is 0. The standard InChI is InChI=1S/C17H32O/c1-2-14-9-6-10-16(13-14)17(18)12-11-15-7-4-3-5-8-15/h14-18H,2-13H2,1H3. The molecule has 3 unspecified atom stereocenters. The number of aliphatic hydroxyl groups is 1. The number of rotatable bonds is 5. The summed E-state index contributed by atoms with van der Waals surface area (Å²) in [6.07, 6.45) is 16.2. The fourth-order valence-electron chi connectivity index (χ4n) is 4.17. The summed E-state index contributed by atoms with van der Waals surface area (Å²) in [5.74, 6) is 2.44. The fraction of sp³-hybridized carbons (Fsp3) is 1.00. The summed E-state index contributed by atoms with van der Waals surface area (Å²) in [5.41, 5.74) is 0. The molecule has 0 aromatic heterocycles. The van der Waals surface area contributed by atoms with Gasteiger partial charge >= 0.3 is 0 Å². The molecule has 0 aliphatic heterocycles. The van der Waals surface area contributed by atoms with Crippen molar-refractivity contribution in [1.82, 2.24) is 0 Å². The van der Waals surface area contributed by atoms with Crippen molar-refractivity contribution < 1.29 is 5.11 Å². The van der Waals surface area contributed by atoms with E-state index in [1.165, 1.54) is 70.6 Å². The second kappa shape index (κ2) is 7.53. The van der Waals surface area contributed by atoms with Crippen molar-refractivity contribution in [3.05, 3.63) is 0 Å². The number of hydrogen-bond acceptors (Lipinski definition) is 1. The van der Waals surface area contributed by atoms with Crippen molar-refractivity contribution in [2.45, 2.75) is 90.1 Å². The molecule has 0 aromatic rings. The van der Waals surface area contributed by atoms with Crippen molar-refractivity contribution in [1.29, 1.82) is 0 Å². The minimum atomic E-state index is 0.00118. The highest BCUT2D eigenvalue weighted by Crippen LogP contribution is 2.35. The number of hydrogen-bond donors (Lipinski definition) is 1. The van der Waals surface area contributed by atoms with Crippen molar-refractivity contribution >= 4 is 0 Å². The molecule has 0 saturated heterocycles. The van der Waals surface area contributed by atoms with Gasteiger partial charge in [-0.15, -0.1) is 0 Å². The van der Waals surface area contributed by atoms with Crippen LogP contribution in [0.2, 0.25) is 0 Å². The van der Waals surface area contributed by atoms with Gasteiger partial charge in [0.15, 0.2) is 0 Å². The molecule has 0 heterocycles. The van der Waals surface area contributed by atoms with E-state index in [9.17, 15) is 5.11 Å². The Labute approximate surface area is 113 Å². The fourth-order valence-corrected chi connectivity index (χ4v) is 4.17. The molecule has 2 aliphatic carbocycles. The lowest BCUT2D eigenvalue weighted by molar-refractivity contribution is 0.0547. The maximum absolute atomic E-state index is 10.4. The van der Waals surface area contributed by atoms with E-state index in [4.69, 9.17) is 0 Å². The van der Waals surface area contributed by atoms with E-state index in [0.717, 1.165) is 18.3 Å². The molecular weight excluding hydrogens is 220 g/mol. The van der Waals surface area contributed by atoms with Gasteiger partial charge in [0, 0.05) is 0 Å². The first-order valence-corrected chi connectivity index (χ1v) is 8.47. The summed E-state index contributed by atoms with van der Waals surface area (Å²) in [4.78, 5) is 0. The van der Waals surface area contributed by atoms with Gasteiger partial charge in [-0.25, -0.2) is 0 Å². The van der Waals surface area contributed by atoms with Crippen LogP contribution in [-0.4, -0.2) is 11.2 Å². The van der Waals surface area contributed by atoms with Crippen molar-refractivity contribution in [2.75, 3.05) is 0 Å². The van der Waals surface area contributed by atoms with Crippen LogP contribution >= 0.6 is 0 Å². The second-order valence-corrected chi connectivity index (χ2v) is 6.85. The van der Waals surface area contributed by atoms with Crippen LogP contribution in [-0.2, 0) is 0 Å². The average molecular weight is 252 g/mol. The third-order valence-corrected chi connectivity index (χ3v) is 5.54. The Morgan fingerprint density at radius 2 is 1.67 bits per heavy atom. The third-order valence-electron chi connectivity index (χ3n) is 5.54. The average Bonchev–Trinajstić information content (AvgIpc) is 2.46. The van der Waals surface area contributed by atoms with Gasteiger partial charge in [0.2, 0.25) is 0 Å². The Kier molecular flexibility index (Phi) is 6.01. The lowest BCUT2D eigenvalue weighted by Crippen LogP contribution is -2.27. The van der Waals surface area contributed by atoms with Gasteiger partial charge in [0.05, 0.1) is 6.10 Å². The maximum atomic E-state index is 10.4. The molecular formula is C17H32O. The smallest absolute Gasteiger partial charge is 0.0568 e. The molecule has 2 rings (SSSR count). The van der Waals surface area contributed by atoms with Crippen LogP contribution in [0.1, 0.15) is 84.0 Å². The highest BCUT2D eigenvalue weighted by atomic mass is 16.3. The molecule has 2 saturated carbocycles. The van der Waals surface area contributed by atoms with Gasteiger partial charge in [0.25, 0.3) is 0 Å². The van der Waals surface area contributed by atoms with Crippen LogP contribution in [0.3, 0.4) is 0 Å². The summed E-state index contributed by atoms with van der Waals surface area (Å²) in [7, 11) is 0. The normalized spacial score (nSPS) is 32.3. The lowest BCUT2D eigenvalue weighted by atomic mass is 9.76. The zero-order chi connectivity index (χ0) is 12.8. The predicted molar refractivity (Wildman–Crippen MR) is 77.6 cm³/mol. The third kappa shape index (κ3) is 4.26. The SMILES string of the molecule is CCC1CCCC(C(O)CCC2CCCCC2)C1. The van der Waals surface area contributed by atoms with Crippen LogP contribution < -0.4 is 0 Å². The lowest BCUT2D eigenvalue weighted by Gasteiger charge is -2.32. The van der Waals surface area contributed by atoms with Gasteiger partial charge in [-0.3, -0.25) is 0 Å². The van der Waals surface area contributed by atoms with Crippen molar-refractivity contribution in [3.63, 3.8) is 0 Å². The van der Waals surface area contributed by atoms with Gasteiger partial charge < -0.3 is 5.11 Å². The molecule has 106 valence electrons. The Morgan fingerprint density at radius 3 is 2.39 bits per heavy atom. The van der Waals surface area contributed by atoms with E-state index in [0.29, 0.717) is 5.92 Å². The highest BCUT2D eigenvalue weighted by molar-refractivity contribution is 4.78. The van der Waals surface area contributed by atoms with Crippen LogP contribution in [0.4, 0.5) is 0 Å². The first-order chi connectivity index (χ1) is 8.79. The minimum absolute atomic E-state index is 0.00118. The molecule has 0 bridgehead atoms. The summed E-state index contributed by atoms with van der Waals surface area (Å²) in [6.45, 7) is 2.31. The van der Waals surface area contributed by atoms with Gasteiger partial charge in [-0.2, -0.15) is 0 Å². The first kappa shape index (κ1) is 14.4. The second-order valence-electron chi connectivity index (χ2n) is 6.85. The predicted octanol–water partition coefficient (Wildman–Crippen LogP) is 4.92.